The summed E-state index contributed by atoms with van der Waals surface area (Å²) in [6.45, 7) is 0.566. The minimum atomic E-state index is 0.566. The van der Waals surface area contributed by atoms with Crippen molar-refractivity contribution < 1.29 is 9.47 Å². The minimum Gasteiger partial charge on any atom is -0.618 e. The number of aromatic nitrogens is 1. The molecule has 0 bridgehead atoms. The molecule has 1 aromatic carbocycles. The molecule has 0 fully saturated rings. The van der Waals surface area contributed by atoms with E-state index in [4.69, 9.17) is 16.3 Å². The van der Waals surface area contributed by atoms with Gasteiger partial charge < -0.3 is 9.94 Å². The van der Waals surface area contributed by atoms with Gasteiger partial charge in [-0.3, -0.25) is 0 Å². The Kier molecular flexibility index (Phi) is 3.47. The zero-order valence-electron chi connectivity index (χ0n) is 8.73. The van der Waals surface area contributed by atoms with Crippen molar-refractivity contribution in [3.8, 4) is 5.75 Å². The van der Waals surface area contributed by atoms with Gasteiger partial charge in [0.15, 0.2) is 6.20 Å². The Morgan fingerprint density at radius 3 is 2.88 bits per heavy atom. The highest BCUT2D eigenvalue weighted by Gasteiger charge is 2.08. The molecule has 1 heterocycles. The van der Waals surface area contributed by atoms with Crippen molar-refractivity contribution in [2.24, 2.45) is 0 Å². The van der Waals surface area contributed by atoms with Gasteiger partial charge in [0.05, 0.1) is 12.0 Å². The Morgan fingerprint density at radius 1 is 1.25 bits per heavy atom. The van der Waals surface area contributed by atoms with Gasteiger partial charge in [-0.1, -0.05) is 12.1 Å². The van der Waals surface area contributed by atoms with E-state index in [-0.39, 0.29) is 0 Å². The monoisotopic (exact) mass is 237 g/mol. The Labute approximate surface area is 98.8 Å². The van der Waals surface area contributed by atoms with E-state index in [9.17, 15) is 5.21 Å². The molecule has 3 nitrogen and oxygen atoms in total. The van der Waals surface area contributed by atoms with Crippen molar-refractivity contribution in [1.29, 1.82) is 0 Å². The van der Waals surface area contributed by atoms with Gasteiger partial charge in [-0.05, 0) is 12.5 Å². The minimum absolute atomic E-state index is 0.566. The molecule has 0 amide bonds. The molecule has 16 heavy (non-hydrogen) atoms. The average Bonchev–Trinajstić information content (AvgIpc) is 2.33. The molecule has 0 unspecified atom stereocenters. The Morgan fingerprint density at radius 2 is 2.06 bits per heavy atom. The number of pyridine rings is 1. The predicted molar refractivity (Wildman–Crippen MR) is 63.7 cm³/mol. The van der Waals surface area contributed by atoms with E-state index in [1.807, 2.05) is 18.2 Å². The number of benzene rings is 1. The summed E-state index contributed by atoms with van der Waals surface area (Å²) in [5.41, 5.74) is 0.617. The highest BCUT2D eigenvalue weighted by Crippen LogP contribution is 2.22. The largest absolute Gasteiger partial charge is 0.618 e. The van der Waals surface area contributed by atoms with E-state index in [0.29, 0.717) is 18.0 Å². The normalized spacial score (nSPS) is 10.6. The van der Waals surface area contributed by atoms with Crippen LogP contribution in [0.25, 0.3) is 10.9 Å². The van der Waals surface area contributed by atoms with Crippen molar-refractivity contribution in [2.75, 3.05) is 12.5 Å². The summed E-state index contributed by atoms with van der Waals surface area (Å²) in [5.74, 6) is 1.31. The number of alkyl halides is 1. The Bertz CT molecular complexity index is 487. The second kappa shape index (κ2) is 5.03. The highest BCUT2D eigenvalue weighted by atomic mass is 35.5. The van der Waals surface area contributed by atoms with E-state index in [0.717, 1.165) is 22.3 Å². The number of ether oxygens (including phenoxy) is 1. The maximum Gasteiger partial charge on any atom is 0.227 e. The molecule has 0 N–H and O–H groups in total. The molecule has 0 saturated carbocycles. The molecular weight excluding hydrogens is 226 g/mol. The fourth-order valence-electron chi connectivity index (χ4n) is 1.54. The van der Waals surface area contributed by atoms with Crippen LogP contribution in [0.2, 0.25) is 0 Å². The summed E-state index contributed by atoms with van der Waals surface area (Å²) in [5, 5.41) is 12.3. The third kappa shape index (κ3) is 2.19. The van der Waals surface area contributed by atoms with E-state index >= 15 is 0 Å². The van der Waals surface area contributed by atoms with Gasteiger partial charge in [0.2, 0.25) is 5.52 Å². The summed E-state index contributed by atoms with van der Waals surface area (Å²) in [6.07, 6.45) is 2.25. The lowest BCUT2D eigenvalue weighted by atomic mass is 10.2. The number of para-hydroxylation sites is 1. The molecule has 2 rings (SSSR count). The van der Waals surface area contributed by atoms with Crippen LogP contribution in [-0.2, 0) is 0 Å². The number of rotatable bonds is 4. The van der Waals surface area contributed by atoms with Crippen LogP contribution in [0.15, 0.2) is 36.5 Å². The number of nitrogens with zero attached hydrogens (tertiary/aromatic N) is 1. The lowest BCUT2D eigenvalue weighted by Crippen LogP contribution is -2.26. The van der Waals surface area contributed by atoms with Crippen LogP contribution in [0, 0.1) is 5.21 Å². The van der Waals surface area contributed by atoms with Gasteiger partial charge >= 0.3 is 0 Å². The van der Waals surface area contributed by atoms with Gasteiger partial charge in [0, 0.05) is 18.0 Å². The summed E-state index contributed by atoms with van der Waals surface area (Å²) < 4.78 is 6.42. The van der Waals surface area contributed by atoms with E-state index in [2.05, 4.69) is 0 Å². The SMILES string of the molecule is [O-][n+]1ccc(OCCCCl)c2ccccc21. The highest BCUT2D eigenvalue weighted by molar-refractivity contribution is 6.17. The van der Waals surface area contributed by atoms with Crippen LogP contribution in [0.1, 0.15) is 6.42 Å². The molecule has 0 aliphatic heterocycles. The molecule has 1 aromatic heterocycles. The third-order valence-corrected chi connectivity index (χ3v) is 2.57. The third-order valence-electron chi connectivity index (χ3n) is 2.30. The van der Waals surface area contributed by atoms with Crippen LogP contribution in [0.3, 0.4) is 0 Å². The Balaban J connectivity index is 2.35. The first-order valence-electron chi connectivity index (χ1n) is 5.12. The molecule has 0 aliphatic carbocycles. The lowest BCUT2D eigenvalue weighted by molar-refractivity contribution is -0.577. The fourth-order valence-corrected chi connectivity index (χ4v) is 1.65. The zero-order chi connectivity index (χ0) is 11.4. The Hall–Kier alpha value is -1.48. The zero-order valence-corrected chi connectivity index (χ0v) is 9.48. The number of hydrogen-bond donors (Lipinski definition) is 0. The first-order chi connectivity index (χ1) is 7.83. The number of fused-ring (bicyclic) bond motifs is 1. The van der Waals surface area contributed by atoms with Crippen LogP contribution in [-0.4, -0.2) is 12.5 Å². The van der Waals surface area contributed by atoms with Crippen molar-refractivity contribution in [3.63, 3.8) is 0 Å². The molecular formula is C12H12ClNO2. The molecule has 2 aromatic rings. The van der Waals surface area contributed by atoms with Gasteiger partial charge in [-0.2, -0.15) is 4.73 Å². The van der Waals surface area contributed by atoms with Gasteiger partial charge in [-0.25, -0.2) is 0 Å². The summed E-state index contributed by atoms with van der Waals surface area (Å²) >= 11 is 5.58. The smallest absolute Gasteiger partial charge is 0.227 e. The first-order valence-corrected chi connectivity index (χ1v) is 5.66. The van der Waals surface area contributed by atoms with Gasteiger partial charge in [-0.15, -0.1) is 11.6 Å². The van der Waals surface area contributed by atoms with Crippen molar-refractivity contribution in [1.82, 2.24) is 0 Å². The topological polar surface area (TPSA) is 36.2 Å². The van der Waals surface area contributed by atoms with Crippen LogP contribution in [0.4, 0.5) is 0 Å². The molecule has 0 spiro atoms. The standard InChI is InChI=1S/C12H12ClNO2/c13-7-3-9-16-12-6-8-14(15)11-5-2-1-4-10(11)12/h1-2,4-6,8H,3,7,9H2. The number of halogens is 1. The van der Waals surface area contributed by atoms with E-state index in [1.54, 1.807) is 12.1 Å². The van der Waals surface area contributed by atoms with Crippen molar-refractivity contribution in [2.45, 2.75) is 6.42 Å². The number of hydrogen-bond acceptors (Lipinski definition) is 2. The molecule has 4 heteroatoms. The second-order valence-electron chi connectivity index (χ2n) is 3.41. The van der Waals surface area contributed by atoms with Crippen LogP contribution >= 0.6 is 11.6 Å². The summed E-state index contributed by atoms with van der Waals surface area (Å²) in [6, 6.07) is 9.05. The first kappa shape index (κ1) is 11.0. The summed E-state index contributed by atoms with van der Waals surface area (Å²) in [7, 11) is 0. The quantitative estimate of drug-likeness (QED) is 0.355. The van der Waals surface area contributed by atoms with Gasteiger partial charge in [0.25, 0.3) is 0 Å². The molecule has 84 valence electrons. The molecule has 0 aliphatic rings. The average molecular weight is 238 g/mol. The molecule has 0 saturated heterocycles. The second-order valence-corrected chi connectivity index (χ2v) is 3.79. The lowest BCUT2D eigenvalue weighted by Gasteiger charge is -2.08. The molecule has 0 atom stereocenters. The van der Waals surface area contributed by atoms with Crippen LogP contribution in [0.5, 0.6) is 5.75 Å². The van der Waals surface area contributed by atoms with E-state index < -0.39 is 0 Å². The predicted octanol–water partition coefficient (Wildman–Crippen LogP) is 2.48. The van der Waals surface area contributed by atoms with E-state index in [1.165, 1.54) is 6.20 Å². The van der Waals surface area contributed by atoms with Crippen LogP contribution < -0.4 is 9.47 Å². The fraction of sp³-hybridized carbons (Fsp3) is 0.250. The maximum absolute atomic E-state index is 11.5. The van der Waals surface area contributed by atoms with Crippen molar-refractivity contribution >= 4 is 22.5 Å². The van der Waals surface area contributed by atoms with Gasteiger partial charge in [0.1, 0.15) is 5.75 Å². The summed E-state index contributed by atoms with van der Waals surface area (Å²) in [4.78, 5) is 0. The maximum atomic E-state index is 11.5. The van der Waals surface area contributed by atoms with Crippen molar-refractivity contribution in [3.05, 3.63) is 41.7 Å². The molecule has 0 radical (unpaired) electrons.